The van der Waals surface area contributed by atoms with E-state index in [1.54, 1.807) is 12.3 Å². The number of nitrogen functional groups attached to an aromatic ring is 1. The highest BCUT2D eigenvalue weighted by Crippen LogP contribution is 2.23. The fourth-order valence-electron chi connectivity index (χ4n) is 2.30. The van der Waals surface area contributed by atoms with Gasteiger partial charge in [0.15, 0.2) is 0 Å². The van der Waals surface area contributed by atoms with Gasteiger partial charge in [0, 0.05) is 17.1 Å². The summed E-state index contributed by atoms with van der Waals surface area (Å²) in [6.45, 7) is 2.28. The van der Waals surface area contributed by atoms with Crippen molar-refractivity contribution in [3.8, 4) is 0 Å². The number of hydrogen-bond acceptors (Lipinski definition) is 4. The number of pyridine rings is 1. The zero-order valence-corrected chi connectivity index (χ0v) is 12.1. The summed E-state index contributed by atoms with van der Waals surface area (Å²) < 4.78 is 0. The zero-order valence-electron chi connectivity index (χ0n) is 11.3. The molecule has 1 heterocycles. The van der Waals surface area contributed by atoms with Crippen molar-refractivity contribution < 1.29 is 4.79 Å². The van der Waals surface area contributed by atoms with Crippen LogP contribution in [0, 0.1) is 5.92 Å². The van der Waals surface area contributed by atoms with Crippen LogP contribution in [0.4, 0.5) is 5.82 Å². The third kappa shape index (κ3) is 4.74. The molecule has 3 N–H and O–H groups in total. The van der Waals surface area contributed by atoms with Crippen molar-refractivity contribution >= 4 is 23.5 Å². The average molecular weight is 279 g/mol. The van der Waals surface area contributed by atoms with Crippen LogP contribution >= 0.6 is 11.8 Å². The van der Waals surface area contributed by atoms with Gasteiger partial charge in [0.2, 0.25) is 5.91 Å². The summed E-state index contributed by atoms with van der Waals surface area (Å²) in [6, 6.07) is 4.01. The van der Waals surface area contributed by atoms with Gasteiger partial charge in [-0.25, -0.2) is 4.98 Å². The monoisotopic (exact) mass is 279 g/mol. The SMILES string of the molecule is CC1CCC(NC(=O)CSc2ccc(N)nc2)CC1. The molecule has 0 saturated heterocycles. The van der Waals surface area contributed by atoms with Crippen LogP contribution in [0.3, 0.4) is 0 Å². The Labute approximate surface area is 118 Å². The van der Waals surface area contributed by atoms with Crippen molar-refractivity contribution in [2.75, 3.05) is 11.5 Å². The van der Waals surface area contributed by atoms with Crippen LogP contribution < -0.4 is 11.1 Å². The van der Waals surface area contributed by atoms with E-state index in [2.05, 4.69) is 17.2 Å². The van der Waals surface area contributed by atoms with Crippen molar-refractivity contribution in [3.63, 3.8) is 0 Å². The van der Waals surface area contributed by atoms with Gasteiger partial charge in [0.05, 0.1) is 5.75 Å². The quantitative estimate of drug-likeness (QED) is 0.831. The molecule has 1 saturated carbocycles. The lowest BCUT2D eigenvalue weighted by Crippen LogP contribution is -2.38. The first-order chi connectivity index (χ1) is 9.13. The van der Waals surface area contributed by atoms with Gasteiger partial charge < -0.3 is 11.1 Å². The number of carbonyl (C=O) groups is 1. The van der Waals surface area contributed by atoms with Crippen molar-refractivity contribution in [2.24, 2.45) is 5.92 Å². The predicted molar refractivity (Wildman–Crippen MR) is 78.9 cm³/mol. The molecule has 1 aliphatic rings. The van der Waals surface area contributed by atoms with Crippen LogP contribution in [-0.4, -0.2) is 22.7 Å². The Morgan fingerprint density at radius 1 is 1.42 bits per heavy atom. The Bertz CT molecular complexity index is 413. The van der Waals surface area contributed by atoms with E-state index in [-0.39, 0.29) is 5.91 Å². The molecule has 1 aromatic rings. The van der Waals surface area contributed by atoms with Crippen LogP contribution in [0.5, 0.6) is 0 Å². The Morgan fingerprint density at radius 3 is 2.79 bits per heavy atom. The Morgan fingerprint density at radius 2 is 2.16 bits per heavy atom. The van der Waals surface area contributed by atoms with Crippen molar-refractivity contribution in [3.05, 3.63) is 18.3 Å². The van der Waals surface area contributed by atoms with E-state index in [0.717, 1.165) is 23.7 Å². The standard InChI is InChI=1S/C14H21N3OS/c1-10-2-4-11(5-3-10)17-14(18)9-19-12-6-7-13(15)16-8-12/h6-8,10-11H,2-5,9H2,1H3,(H2,15,16)(H,17,18). The van der Waals surface area contributed by atoms with Crippen molar-refractivity contribution in [1.82, 2.24) is 10.3 Å². The van der Waals surface area contributed by atoms with Gasteiger partial charge in [-0.3, -0.25) is 4.79 Å². The van der Waals surface area contributed by atoms with Crippen LogP contribution in [0.25, 0.3) is 0 Å². The molecule has 0 atom stereocenters. The molecule has 0 bridgehead atoms. The lowest BCUT2D eigenvalue weighted by atomic mass is 9.87. The number of rotatable bonds is 4. The summed E-state index contributed by atoms with van der Waals surface area (Å²) >= 11 is 1.50. The van der Waals surface area contributed by atoms with Gasteiger partial charge in [-0.1, -0.05) is 6.92 Å². The number of thioether (sulfide) groups is 1. The molecule has 0 aromatic carbocycles. The Hall–Kier alpha value is -1.23. The lowest BCUT2D eigenvalue weighted by Gasteiger charge is -2.26. The highest BCUT2D eigenvalue weighted by molar-refractivity contribution is 8.00. The predicted octanol–water partition coefficient (Wildman–Crippen LogP) is 2.45. The first-order valence-corrected chi connectivity index (χ1v) is 7.75. The number of nitrogens with two attached hydrogens (primary N) is 1. The van der Waals surface area contributed by atoms with E-state index in [9.17, 15) is 4.79 Å². The largest absolute Gasteiger partial charge is 0.384 e. The summed E-state index contributed by atoms with van der Waals surface area (Å²) in [5.41, 5.74) is 5.52. The van der Waals surface area contributed by atoms with E-state index >= 15 is 0 Å². The molecule has 0 radical (unpaired) electrons. The fraction of sp³-hybridized carbons (Fsp3) is 0.571. The first-order valence-electron chi connectivity index (χ1n) is 6.77. The smallest absolute Gasteiger partial charge is 0.230 e. The Balaban J connectivity index is 1.71. The topological polar surface area (TPSA) is 68.0 Å². The second kappa shape index (κ2) is 6.80. The molecule has 4 nitrogen and oxygen atoms in total. The van der Waals surface area contributed by atoms with Gasteiger partial charge in [0.25, 0.3) is 0 Å². The number of aromatic nitrogens is 1. The number of nitrogens with one attached hydrogen (secondary N) is 1. The van der Waals surface area contributed by atoms with Crippen LogP contribution in [0.2, 0.25) is 0 Å². The molecule has 5 heteroatoms. The molecular weight excluding hydrogens is 258 g/mol. The summed E-state index contributed by atoms with van der Waals surface area (Å²) in [7, 11) is 0. The van der Waals surface area contributed by atoms with E-state index in [4.69, 9.17) is 5.73 Å². The van der Waals surface area contributed by atoms with Gasteiger partial charge in [-0.05, 0) is 43.7 Å². The van der Waals surface area contributed by atoms with Gasteiger partial charge in [-0.2, -0.15) is 0 Å². The molecule has 2 rings (SSSR count). The maximum absolute atomic E-state index is 11.9. The highest BCUT2D eigenvalue weighted by atomic mass is 32.2. The average Bonchev–Trinajstić information content (AvgIpc) is 2.41. The van der Waals surface area contributed by atoms with Crippen molar-refractivity contribution in [1.29, 1.82) is 0 Å². The van der Waals surface area contributed by atoms with Crippen LogP contribution in [0.1, 0.15) is 32.6 Å². The number of carbonyl (C=O) groups excluding carboxylic acids is 1. The van der Waals surface area contributed by atoms with Crippen LogP contribution in [-0.2, 0) is 4.79 Å². The first kappa shape index (κ1) is 14.2. The second-order valence-corrected chi connectivity index (χ2v) is 6.28. The summed E-state index contributed by atoms with van der Waals surface area (Å²) in [5.74, 6) is 1.87. The molecule has 0 spiro atoms. The second-order valence-electron chi connectivity index (χ2n) is 5.23. The number of amides is 1. The lowest BCUT2D eigenvalue weighted by molar-refractivity contribution is -0.119. The van der Waals surface area contributed by atoms with Gasteiger partial charge in [-0.15, -0.1) is 11.8 Å². The molecule has 1 fully saturated rings. The summed E-state index contributed by atoms with van der Waals surface area (Å²) in [5, 5.41) is 3.12. The Kier molecular flexibility index (Phi) is 5.07. The number of hydrogen-bond donors (Lipinski definition) is 2. The molecule has 0 unspecified atom stereocenters. The van der Waals surface area contributed by atoms with E-state index in [1.165, 1.54) is 24.6 Å². The minimum atomic E-state index is 0.112. The third-order valence-corrected chi connectivity index (χ3v) is 4.49. The summed E-state index contributed by atoms with van der Waals surface area (Å²) in [4.78, 5) is 16.8. The normalized spacial score (nSPS) is 23.0. The maximum Gasteiger partial charge on any atom is 0.230 e. The molecule has 0 aliphatic heterocycles. The van der Waals surface area contributed by atoms with E-state index in [0.29, 0.717) is 17.6 Å². The highest BCUT2D eigenvalue weighted by Gasteiger charge is 2.19. The molecule has 1 aliphatic carbocycles. The fourth-order valence-corrected chi connectivity index (χ4v) is 2.97. The van der Waals surface area contributed by atoms with Crippen molar-refractivity contribution in [2.45, 2.75) is 43.5 Å². The van der Waals surface area contributed by atoms with E-state index in [1.807, 2.05) is 6.07 Å². The minimum Gasteiger partial charge on any atom is -0.384 e. The molecular formula is C14H21N3OS. The molecule has 1 aromatic heterocycles. The number of nitrogens with zero attached hydrogens (tertiary/aromatic N) is 1. The van der Waals surface area contributed by atoms with Gasteiger partial charge >= 0.3 is 0 Å². The third-order valence-electron chi connectivity index (χ3n) is 3.51. The van der Waals surface area contributed by atoms with Crippen LogP contribution in [0.15, 0.2) is 23.2 Å². The zero-order chi connectivity index (χ0) is 13.7. The van der Waals surface area contributed by atoms with Gasteiger partial charge in [0.1, 0.15) is 5.82 Å². The molecule has 1 amide bonds. The summed E-state index contributed by atoms with van der Waals surface area (Å²) in [6.07, 6.45) is 6.37. The van der Waals surface area contributed by atoms with E-state index < -0.39 is 0 Å². The number of anilines is 1. The molecule has 19 heavy (non-hydrogen) atoms. The molecule has 104 valence electrons. The maximum atomic E-state index is 11.9. The minimum absolute atomic E-state index is 0.112.